The van der Waals surface area contributed by atoms with Gasteiger partial charge in [0.1, 0.15) is 5.82 Å². The van der Waals surface area contributed by atoms with Gasteiger partial charge in [-0.05, 0) is 54.7 Å². The lowest BCUT2D eigenvalue weighted by atomic mass is 10.0. The van der Waals surface area contributed by atoms with Gasteiger partial charge in [0.2, 0.25) is 0 Å². The minimum atomic E-state index is -0.150. The van der Waals surface area contributed by atoms with Crippen molar-refractivity contribution < 1.29 is 4.39 Å². The van der Waals surface area contributed by atoms with Crippen molar-refractivity contribution in [3.63, 3.8) is 0 Å². The molecule has 0 bridgehead atoms. The average molecular weight is 233 g/mol. The van der Waals surface area contributed by atoms with Crippen LogP contribution < -0.4 is 5.73 Å². The molecule has 0 radical (unpaired) electrons. The second-order valence-corrected chi connectivity index (χ2v) is 5.69. The first-order chi connectivity index (χ1) is 8.25. The molecule has 0 heterocycles. The van der Waals surface area contributed by atoms with E-state index in [0.717, 1.165) is 23.8 Å². The van der Waals surface area contributed by atoms with Gasteiger partial charge in [-0.15, -0.1) is 0 Å². The lowest BCUT2D eigenvalue weighted by Gasteiger charge is -2.11. The number of nitrogens with two attached hydrogens (primary N) is 1. The van der Waals surface area contributed by atoms with Crippen LogP contribution >= 0.6 is 0 Å². The summed E-state index contributed by atoms with van der Waals surface area (Å²) in [7, 11) is 0. The van der Waals surface area contributed by atoms with E-state index in [4.69, 9.17) is 5.73 Å². The third kappa shape index (κ3) is 2.23. The van der Waals surface area contributed by atoms with Crippen molar-refractivity contribution >= 4 is 0 Å². The van der Waals surface area contributed by atoms with E-state index < -0.39 is 0 Å². The Morgan fingerprint density at radius 3 is 2.59 bits per heavy atom. The SMILES string of the molecule is NC(Cc1cccc(F)c1)C1C2CCCCC21. The molecule has 1 aromatic rings. The van der Waals surface area contributed by atoms with E-state index in [1.165, 1.54) is 31.7 Å². The van der Waals surface area contributed by atoms with Crippen molar-refractivity contribution in [1.82, 2.24) is 0 Å². The third-order valence-electron chi connectivity index (χ3n) is 4.58. The molecule has 2 aliphatic carbocycles. The molecule has 3 rings (SSSR count). The fourth-order valence-corrected chi connectivity index (χ4v) is 3.75. The van der Waals surface area contributed by atoms with Gasteiger partial charge in [-0.1, -0.05) is 25.0 Å². The molecular formula is C15H20FN. The Morgan fingerprint density at radius 2 is 1.94 bits per heavy atom. The van der Waals surface area contributed by atoms with E-state index in [2.05, 4.69) is 0 Å². The zero-order valence-electron chi connectivity index (χ0n) is 10.1. The van der Waals surface area contributed by atoms with Crippen LogP contribution in [0.15, 0.2) is 24.3 Å². The molecule has 0 spiro atoms. The van der Waals surface area contributed by atoms with Gasteiger partial charge in [0.15, 0.2) is 0 Å². The highest BCUT2D eigenvalue weighted by Crippen LogP contribution is 2.56. The molecule has 1 aromatic carbocycles. The summed E-state index contributed by atoms with van der Waals surface area (Å²) in [4.78, 5) is 0. The number of fused-ring (bicyclic) bond motifs is 1. The summed E-state index contributed by atoms with van der Waals surface area (Å²) in [6.45, 7) is 0. The Bertz CT molecular complexity index is 392. The fraction of sp³-hybridized carbons (Fsp3) is 0.600. The molecule has 0 amide bonds. The molecule has 0 saturated heterocycles. The maximum Gasteiger partial charge on any atom is 0.123 e. The molecule has 0 aromatic heterocycles. The Hall–Kier alpha value is -0.890. The molecular weight excluding hydrogens is 213 g/mol. The Morgan fingerprint density at radius 1 is 1.24 bits per heavy atom. The molecule has 92 valence electrons. The summed E-state index contributed by atoms with van der Waals surface area (Å²) in [5.41, 5.74) is 7.34. The smallest absolute Gasteiger partial charge is 0.123 e. The Labute approximate surface area is 102 Å². The quantitative estimate of drug-likeness (QED) is 0.852. The highest BCUT2D eigenvalue weighted by Gasteiger charge is 2.52. The molecule has 3 unspecified atom stereocenters. The Balaban J connectivity index is 1.62. The molecule has 2 aliphatic rings. The summed E-state index contributed by atoms with van der Waals surface area (Å²) in [5.74, 6) is 2.32. The van der Waals surface area contributed by atoms with Crippen LogP contribution in [0.1, 0.15) is 31.2 Å². The first kappa shape index (κ1) is 11.2. The van der Waals surface area contributed by atoms with E-state index >= 15 is 0 Å². The van der Waals surface area contributed by atoms with Crippen molar-refractivity contribution in [2.75, 3.05) is 0 Å². The van der Waals surface area contributed by atoms with Gasteiger partial charge in [0.25, 0.3) is 0 Å². The van der Waals surface area contributed by atoms with Gasteiger partial charge in [0.05, 0.1) is 0 Å². The molecule has 2 heteroatoms. The standard InChI is InChI=1S/C15H20FN/c16-11-5-3-4-10(8-11)9-14(17)15-12-6-1-2-7-13(12)15/h3-5,8,12-15H,1-2,6-7,9,17H2. The van der Waals surface area contributed by atoms with Crippen molar-refractivity contribution in [2.24, 2.45) is 23.5 Å². The molecule has 2 N–H and O–H groups in total. The topological polar surface area (TPSA) is 26.0 Å². The average Bonchev–Trinajstić information content (AvgIpc) is 3.03. The summed E-state index contributed by atoms with van der Waals surface area (Å²) in [6.07, 6.45) is 6.32. The first-order valence-electron chi connectivity index (χ1n) is 6.76. The van der Waals surface area contributed by atoms with Crippen LogP contribution in [0.2, 0.25) is 0 Å². The monoisotopic (exact) mass is 233 g/mol. The van der Waals surface area contributed by atoms with E-state index in [1.807, 2.05) is 6.07 Å². The predicted octanol–water partition coefficient (Wildman–Crippen LogP) is 3.13. The molecule has 1 nitrogen and oxygen atoms in total. The molecule has 0 aliphatic heterocycles. The van der Waals surface area contributed by atoms with Crippen LogP contribution in [0.25, 0.3) is 0 Å². The van der Waals surface area contributed by atoms with Gasteiger partial charge in [-0.25, -0.2) is 4.39 Å². The fourth-order valence-electron chi connectivity index (χ4n) is 3.75. The molecule has 17 heavy (non-hydrogen) atoms. The zero-order chi connectivity index (χ0) is 11.8. The van der Waals surface area contributed by atoms with Crippen molar-refractivity contribution in [3.05, 3.63) is 35.6 Å². The number of hydrogen-bond donors (Lipinski definition) is 1. The van der Waals surface area contributed by atoms with Gasteiger partial charge in [0, 0.05) is 6.04 Å². The highest BCUT2D eigenvalue weighted by molar-refractivity contribution is 5.19. The number of halogens is 1. The number of benzene rings is 1. The number of rotatable bonds is 3. The van der Waals surface area contributed by atoms with Crippen molar-refractivity contribution in [3.8, 4) is 0 Å². The predicted molar refractivity (Wildman–Crippen MR) is 67.0 cm³/mol. The highest BCUT2D eigenvalue weighted by atomic mass is 19.1. The van der Waals surface area contributed by atoms with Gasteiger partial charge < -0.3 is 5.73 Å². The van der Waals surface area contributed by atoms with Crippen LogP contribution in [0, 0.1) is 23.6 Å². The number of hydrogen-bond acceptors (Lipinski definition) is 1. The minimum absolute atomic E-state index is 0.150. The maximum absolute atomic E-state index is 13.1. The second kappa shape index (κ2) is 4.41. The summed E-state index contributed by atoms with van der Waals surface area (Å²) in [6, 6.07) is 7.09. The second-order valence-electron chi connectivity index (χ2n) is 5.69. The van der Waals surface area contributed by atoms with E-state index in [9.17, 15) is 4.39 Å². The largest absolute Gasteiger partial charge is 0.327 e. The van der Waals surface area contributed by atoms with Gasteiger partial charge >= 0.3 is 0 Å². The van der Waals surface area contributed by atoms with Gasteiger partial charge in [-0.2, -0.15) is 0 Å². The molecule has 2 saturated carbocycles. The molecule has 3 atom stereocenters. The zero-order valence-corrected chi connectivity index (χ0v) is 10.1. The van der Waals surface area contributed by atoms with Crippen molar-refractivity contribution in [1.29, 1.82) is 0 Å². The van der Waals surface area contributed by atoms with Crippen LogP contribution in [-0.2, 0) is 6.42 Å². The molecule has 2 fully saturated rings. The lowest BCUT2D eigenvalue weighted by Crippen LogP contribution is -2.26. The van der Waals surface area contributed by atoms with Crippen LogP contribution in [0.3, 0.4) is 0 Å². The van der Waals surface area contributed by atoms with Crippen LogP contribution in [-0.4, -0.2) is 6.04 Å². The first-order valence-corrected chi connectivity index (χ1v) is 6.76. The lowest BCUT2D eigenvalue weighted by molar-refractivity contribution is 0.480. The van der Waals surface area contributed by atoms with E-state index in [-0.39, 0.29) is 11.9 Å². The summed E-state index contributed by atoms with van der Waals surface area (Å²) in [5, 5.41) is 0. The third-order valence-corrected chi connectivity index (χ3v) is 4.58. The normalized spacial score (nSPS) is 32.9. The van der Waals surface area contributed by atoms with E-state index in [1.54, 1.807) is 12.1 Å². The Kier molecular flexibility index (Phi) is 2.91. The van der Waals surface area contributed by atoms with Gasteiger partial charge in [-0.3, -0.25) is 0 Å². The summed E-state index contributed by atoms with van der Waals surface area (Å²) >= 11 is 0. The van der Waals surface area contributed by atoms with E-state index in [0.29, 0.717) is 5.92 Å². The van der Waals surface area contributed by atoms with Crippen LogP contribution in [0.5, 0.6) is 0 Å². The minimum Gasteiger partial charge on any atom is -0.327 e. The summed E-state index contributed by atoms with van der Waals surface area (Å²) < 4.78 is 13.1. The van der Waals surface area contributed by atoms with Crippen molar-refractivity contribution in [2.45, 2.75) is 38.1 Å². The van der Waals surface area contributed by atoms with Crippen LogP contribution in [0.4, 0.5) is 4.39 Å². The maximum atomic E-state index is 13.1.